The van der Waals surface area contributed by atoms with Crippen LogP contribution in [0.4, 0.5) is 5.69 Å². The van der Waals surface area contributed by atoms with Crippen LogP contribution in [0, 0.1) is 4.91 Å². The van der Waals surface area contributed by atoms with E-state index in [0.717, 1.165) is 4.90 Å². The zero-order valence-electron chi connectivity index (χ0n) is 12.3. The molecular weight excluding hydrogens is 278 g/mol. The van der Waals surface area contributed by atoms with Gasteiger partial charge in [0, 0.05) is 19.3 Å². The number of nitroso groups, excluding NO2 is 1. The number of rotatable bonds is 3. The Balaban J connectivity index is 3.23. The molecule has 19 heavy (non-hydrogen) atoms. The number of hydrogen-bond acceptors (Lipinski definition) is 4. The van der Waals surface area contributed by atoms with Crippen LogP contribution in [0.2, 0.25) is 0 Å². The third kappa shape index (κ3) is 5.07. The highest BCUT2D eigenvalue weighted by Crippen LogP contribution is 2.36. The van der Waals surface area contributed by atoms with Gasteiger partial charge in [0.1, 0.15) is 5.69 Å². The number of nitrogens with zero attached hydrogens (tertiary/aromatic N) is 1. The fraction of sp³-hybridized carbons (Fsp3) is 0.571. The van der Waals surface area contributed by atoms with Crippen molar-refractivity contribution in [3.8, 4) is 0 Å². The van der Waals surface area contributed by atoms with Crippen LogP contribution in [-0.2, 0) is 10.8 Å². The summed E-state index contributed by atoms with van der Waals surface area (Å²) >= 11 is 1.64. The highest BCUT2D eigenvalue weighted by Gasteiger charge is 2.23. The summed E-state index contributed by atoms with van der Waals surface area (Å²) in [6.07, 6.45) is 0. The lowest BCUT2D eigenvalue weighted by Crippen LogP contribution is -2.21. The average Bonchev–Trinajstić information content (AvgIpc) is 2.23. The molecule has 3 nitrogen and oxygen atoms in total. The third-order valence-corrected chi connectivity index (χ3v) is 5.02. The molecule has 5 heteroatoms. The molecule has 0 aliphatic carbocycles. The van der Waals surface area contributed by atoms with Crippen molar-refractivity contribution in [2.45, 2.75) is 60.8 Å². The molecule has 0 saturated heterocycles. The van der Waals surface area contributed by atoms with Gasteiger partial charge in [0.2, 0.25) is 0 Å². The Morgan fingerprint density at radius 3 is 2.05 bits per heavy atom. The maximum atomic E-state index is 12.4. The molecule has 0 saturated carbocycles. The van der Waals surface area contributed by atoms with E-state index in [9.17, 15) is 9.12 Å². The highest BCUT2D eigenvalue weighted by atomic mass is 32.2. The molecule has 106 valence electrons. The summed E-state index contributed by atoms with van der Waals surface area (Å²) in [5.41, 5.74) is 0.335. The second-order valence-electron chi connectivity index (χ2n) is 6.35. The molecule has 1 rings (SSSR count). The Kier molecular flexibility index (Phi) is 4.96. The van der Waals surface area contributed by atoms with E-state index < -0.39 is 10.8 Å². The Morgan fingerprint density at radius 1 is 1.05 bits per heavy atom. The molecule has 1 aromatic carbocycles. The van der Waals surface area contributed by atoms with Crippen LogP contribution in [0.25, 0.3) is 0 Å². The average molecular weight is 299 g/mol. The van der Waals surface area contributed by atoms with Gasteiger partial charge in [-0.1, -0.05) is 20.8 Å². The van der Waals surface area contributed by atoms with Gasteiger partial charge in [-0.3, -0.25) is 4.21 Å². The van der Waals surface area contributed by atoms with Gasteiger partial charge < -0.3 is 0 Å². The van der Waals surface area contributed by atoms with Crippen molar-refractivity contribution >= 4 is 28.2 Å². The van der Waals surface area contributed by atoms with Gasteiger partial charge in [-0.25, -0.2) is 0 Å². The summed E-state index contributed by atoms with van der Waals surface area (Å²) in [4.78, 5) is 12.4. The first-order chi connectivity index (χ1) is 8.53. The van der Waals surface area contributed by atoms with Gasteiger partial charge >= 0.3 is 0 Å². The fourth-order valence-corrected chi connectivity index (χ4v) is 3.80. The minimum Gasteiger partial charge on any atom is -0.254 e. The first-order valence-corrected chi connectivity index (χ1v) is 8.09. The van der Waals surface area contributed by atoms with Crippen molar-refractivity contribution in [1.29, 1.82) is 0 Å². The van der Waals surface area contributed by atoms with Crippen LogP contribution in [-0.4, -0.2) is 13.7 Å². The minimum atomic E-state index is -1.16. The minimum absolute atomic E-state index is 0.0298. The van der Waals surface area contributed by atoms with Gasteiger partial charge in [-0.05, 0) is 44.1 Å². The smallest absolute Gasteiger partial charge is 0.110 e. The predicted octanol–water partition coefficient (Wildman–Crippen LogP) is 4.88. The van der Waals surface area contributed by atoms with E-state index >= 15 is 0 Å². The van der Waals surface area contributed by atoms with Gasteiger partial charge in [-0.15, -0.1) is 16.7 Å². The molecule has 1 aromatic rings. The Bertz CT molecular complexity index is 499. The summed E-state index contributed by atoms with van der Waals surface area (Å²) in [5, 5.41) is 2.99. The van der Waals surface area contributed by atoms with Gasteiger partial charge in [0.25, 0.3) is 0 Å². The summed E-state index contributed by atoms with van der Waals surface area (Å²) < 4.78 is 12.1. The topological polar surface area (TPSA) is 46.5 Å². The highest BCUT2D eigenvalue weighted by molar-refractivity contribution is 8.00. The van der Waals surface area contributed by atoms with E-state index in [1.54, 1.807) is 23.9 Å². The lowest BCUT2D eigenvalue weighted by atomic mass is 10.3. The van der Waals surface area contributed by atoms with Crippen LogP contribution in [0.1, 0.15) is 41.5 Å². The normalized spacial score (nSPS) is 14.2. The van der Waals surface area contributed by atoms with Crippen LogP contribution < -0.4 is 0 Å². The molecule has 0 fully saturated rings. The van der Waals surface area contributed by atoms with Crippen molar-refractivity contribution in [3.63, 3.8) is 0 Å². The van der Waals surface area contributed by atoms with Crippen LogP contribution >= 0.6 is 11.8 Å². The molecule has 0 aliphatic heterocycles. The third-order valence-electron chi connectivity index (χ3n) is 2.16. The summed E-state index contributed by atoms with van der Waals surface area (Å²) in [7, 11) is -1.16. The van der Waals surface area contributed by atoms with Gasteiger partial charge in [0.15, 0.2) is 0 Å². The lowest BCUT2D eigenvalue weighted by Gasteiger charge is -2.21. The predicted molar refractivity (Wildman–Crippen MR) is 83.7 cm³/mol. The fourth-order valence-electron chi connectivity index (χ4n) is 1.48. The summed E-state index contributed by atoms with van der Waals surface area (Å²) in [6.45, 7) is 12.0. The van der Waals surface area contributed by atoms with Gasteiger partial charge in [-0.2, -0.15) is 0 Å². The van der Waals surface area contributed by atoms with Crippen molar-refractivity contribution in [3.05, 3.63) is 23.1 Å². The zero-order valence-corrected chi connectivity index (χ0v) is 13.9. The molecule has 0 N–H and O–H groups in total. The van der Waals surface area contributed by atoms with Crippen LogP contribution in [0.5, 0.6) is 0 Å². The maximum absolute atomic E-state index is 12.4. The number of hydrogen-bond donors (Lipinski definition) is 0. The van der Waals surface area contributed by atoms with Crippen molar-refractivity contribution < 1.29 is 4.21 Å². The van der Waals surface area contributed by atoms with Crippen LogP contribution in [0.15, 0.2) is 33.2 Å². The lowest BCUT2D eigenvalue weighted by molar-refractivity contribution is 0.648. The molecule has 0 spiro atoms. The van der Waals surface area contributed by atoms with Crippen molar-refractivity contribution in [1.82, 2.24) is 0 Å². The molecule has 1 unspecified atom stereocenters. The molecule has 0 aliphatic rings. The van der Waals surface area contributed by atoms with E-state index in [-0.39, 0.29) is 9.49 Å². The maximum Gasteiger partial charge on any atom is 0.110 e. The van der Waals surface area contributed by atoms with Crippen molar-refractivity contribution in [2.75, 3.05) is 0 Å². The second-order valence-corrected chi connectivity index (χ2v) is 10.5. The standard InChI is InChI=1S/C14H21NO2S2/c1-13(2,3)18-11-7-10(15-16)8-12(9-11)19(17)14(4,5)6/h7-9H,1-6H3. The molecule has 0 aromatic heterocycles. The first kappa shape index (κ1) is 16.4. The first-order valence-electron chi connectivity index (χ1n) is 6.12. The van der Waals surface area contributed by atoms with Crippen LogP contribution in [0.3, 0.4) is 0 Å². The van der Waals surface area contributed by atoms with E-state index in [1.165, 1.54) is 0 Å². The number of benzene rings is 1. The van der Waals surface area contributed by atoms with E-state index in [4.69, 9.17) is 0 Å². The SMILES string of the molecule is CC(C)(C)Sc1cc(N=O)cc(S(=O)C(C)(C)C)c1. The van der Waals surface area contributed by atoms with E-state index in [2.05, 4.69) is 25.9 Å². The quantitative estimate of drug-likeness (QED) is 0.590. The largest absolute Gasteiger partial charge is 0.254 e. The molecule has 0 heterocycles. The molecular formula is C14H21NO2S2. The Labute approximate surface area is 122 Å². The second kappa shape index (κ2) is 5.75. The molecule has 0 radical (unpaired) electrons. The zero-order chi connectivity index (χ0) is 14.8. The number of thioether (sulfide) groups is 1. The molecule has 0 amide bonds. The summed E-state index contributed by atoms with van der Waals surface area (Å²) in [6, 6.07) is 5.25. The molecule has 1 atom stereocenters. The summed E-state index contributed by atoms with van der Waals surface area (Å²) in [5.74, 6) is 0. The molecule has 0 bridgehead atoms. The Hall–Kier alpha value is -0.680. The monoisotopic (exact) mass is 299 g/mol. The van der Waals surface area contributed by atoms with Crippen molar-refractivity contribution in [2.24, 2.45) is 5.18 Å². The Morgan fingerprint density at radius 2 is 1.63 bits per heavy atom. The van der Waals surface area contributed by atoms with E-state index in [0.29, 0.717) is 10.6 Å². The van der Waals surface area contributed by atoms with E-state index in [1.807, 2.05) is 26.8 Å². The van der Waals surface area contributed by atoms with Gasteiger partial charge in [0.05, 0.1) is 10.8 Å².